The van der Waals surface area contributed by atoms with Crippen LogP contribution < -0.4 is 5.32 Å². The van der Waals surface area contributed by atoms with Crippen molar-refractivity contribution in [3.05, 3.63) is 18.4 Å². The molecule has 1 rings (SSSR count). The SMILES string of the molecule is CCOC(CNCc1cnco1)OCC. The first-order valence-corrected chi connectivity index (χ1v) is 5.18. The minimum absolute atomic E-state index is 0.192. The molecular weight excluding hydrogens is 196 g/mol. The van der Waals surface area contributed by atoms with Crippen molar-refractivity contribution >= 4 is 0 Å². The van der Waals surface area contributed by atoms with Gasteiger partial charge in [-0.15, -0.1) is 0 Å². The lowest BCUT2D eigenvalue weighted by Gasteiger charge is -2.16. The van der Waals surface area contributed by atoms with Gasteiger partial charge in [0.15, 0.2) is 12.7 Å². The Kier molecular flexibility index (Phi) is 5.99. The highest BCUT2D eigenvalue weighted by Crippen LogP contribution is 1.97. The maximum atomic E-state index is 5.37. The Balaban J connectivity index is 2.15. The Bertz CT molecular complexity index is 233. The molecule has 1 N–H and O–H groups in total. The van der Waals surface area contributed by atoms with Crippen LogP contribution in [0.5, 0.6) is 0 Å². The first kappa shape index (κ1) is 12.2. The summed E-state index contributed by atoms with van der Waals surface area (Å²) in [5, 5.41) is 3.17. The number of hydrogen-bond donors (Lipinski definition) is 1. The van der Waals surface area contributed by atoms with Gasteiger partial charge in [-0.25, -0.2) is 4.98 Å². The zero-order chi connectivity index (χ0) is 10.9. The second kappa shape index (κ2) is 7.39. The van der Waals surface area contributed by atoms with Gasteiger partial charge in [-0.2, -0.15) is 0 Å². The average Bonchev–Trinajstić information content (AvgIpc) is 2.71. The maximum absolute atomic E-state index is 5.37. The van der Waals surface area contributed by atoms with Crippen molar-refractivity contribution in [1.29, 1.82) is 0 Å². The Morgan fingerprint density at radius 3 is 2.67 bits per heavy atom. The Morgan fingerprint density at radius 2 is 2.13 bits per heavy atom. The molecule has 0 aliphatic rings. The largest absolute Gasteiger partial charge is 0.447 e. The Hall–Kier alpha value is -0.910. The van der Waals surface area contributed by atoms with E-state index in [-0.39, 0.29) is 6.29 Å². The minimum Gasteiger partial charge on any atom is -0.447 e. The number of hydrogen-bond acceptors (Lipinski definition) is 5. The molecule has 0 aliphatic carbocycles. The van der Waals surface area contributed by atoms with Crippen LogP contribution in [0.2, 0.25) is 0 Å². The van der Waals surface area contributed by atoms with Gasteiger partial charge in [0, 0.05) is 19.8 Å². The zero-order valence-corrected chi connectivity index (χ0v) is 9.23. The molecule has 5 nitrogen and oxygen atoms in total. The quantitative estimate of drug-likeness (QED) is 0.658. The van der Waals surface area contributed by atoms with Crippen molar-refractivity contribution < 1.29 is 13.9 Å². The molecule has 0 aromatic carbocycles. The highest BCUT2D eigenvalue weighted by atomic mass is 16.7. The number of ether oxygens (including phenoxy) is 2. The second-order valence-electron chi connectivity index (χ2n) is 2.94. The van der Waals surface area contributed by atoms with Crippen molar-refractivity contribution in [3.8, 4) is 0 Å². The fraction of sp³-hybridized carbons (Fsp3) is 0.700. The van der Waals surface area contributed by atoms with Crippen molar-refractivity contribution in [2.24, 2.45) is 0 Å². The molecule has 0 bridgehead atoms. The van der Waals surface area contributed by atoms with Crippen molar-refractivity contribution in [2.45, 2.75) is 26.7 Å². The first-order chi connectivity index (χ1) is 7.36. The summed E-state index contributed by atoms with van der Waals surface area (Å²) in [5.74, 6) is 0.807. The summed E-state index contributed by atoms with van der Waals surface area (Å²) in [6, 6.07) is 0. The molecule has 0 saturated carbocycles. The molecule has 86 valence electrons. The molecule has 0 spiro atoms. The molecule has 5 heteroatoms. The van der Waals surface area contributed by atoms with Gasteiger partial charge in [0.25, 0.3) is 0 Å². The topological polar surface area (TPSA) is 56.5 Å². The minimum atomic E-state index is -0.192. The molecule has 0 atom stereocenters. The van der Waals surface area contributed by atoms with Gasteiger partial charge in [-0.3, -0.25) is 0 Å². The molecule has 0 unspecified atom stereocenters. The number of oxazole rings is 1. The Morgan fingerprint density at radius 1 is 1.40 bits per heavy atom. The van der Waals surface area contributed by atoms with Gasteiger partial charge in [0.2, 0.25) is 0 Å². The number of rotatable bonds is 8. The van der Waals surface area contributed by atoms with Gasteiger partial charge in [0.05, 0.1) is 12.7 Å². The van der Waals surface area contributed by atoms with E-state index in [0.29, 0.717) is 26.3 Å². The number of aromatic nitrogens is 1. The molecule has 0 aliphatic heterocycles. The zero-order valence-electron chi connectivity index (χ0n) is 9.23. The lowest BCUT2D eigenvalue weighted by Crippen LogP contribution is -2.31. The number of nitrogens with zero attached hydrogens (tertiary/aromatic N) is 1. The van der Waals surface area contributed by atoms with Gasteiger partial charge < -0.3 is 19.2 Å². The maximum Gasteiger partial charge on any atom is 0.180 e. The Labute approximate surface area is 89.8 Å². The second-order valence-corrected chi connectivity index (χ2v) is 2.94. The summed E-state index contributed by atoms with van der Waals surface area (Å²) in [7, 11) is 0. The lowest BCUT2D eigenvalue weighted by atomic mass is 10.5. The number of nitrogens with one attached hydrogen (secondary N) is 1. The van der Waals surface area contributed by atoms with E-state index in [4.69, 9.17) is 13.9 Å². The van der Waals surface area contributed by atoms with Gasteiger partial charge >= 0.3 is 0 Å². The van der Waals surface area contributed by atoms with Crippen LogP contribution in [0.1, 0.15) is 19.6 Å². The van der Waals surface area contributed by atoms with E-state index in [1.807, 2.05) is 13.8 Å². The molecule has 1 aromatic heterocycles. The summed E-state index contributed by atoms with van der Waals surface area (Å²) < 4.78 is 15.8. The van der Waals surface area contributed by atoms with E-state index in [2.05, 4.69) is 10.3 Å². The molecule has 1 heterocycles. The van der Waals surface area contributed by atoms with Gasteiger partial charge in [-0.1, -0.05) is 0 Å². The van der Waals surface area contributed by atoms with E-state index in [0.717, 1.165) is 5.76 Å². The van der Waals surface area contributed by atoms with Gasteiger partial charge in [0.1, 0.15) is 5.76 Å². The van der Waals surface area contributed by atoms with Crippen molar-refractivity contribution in [2.75, 3.05) is 19.8 Å². The van der Waals surface area contributed by atoms with Crippen LogP contribution in [0.25, 0.3) is 0 Å². The van der Waals surface area contributed by atoms with E-state index in [1.54, 1.807) is 6.20 Å². The first-order valence-electron chi connectivity index (χ1n) is 5.18. The predicted molar refractivity (Wildman–Crippen MR) is 55.2 cm³/mol. The van der Waals surface area contributed by atoms with Crippen LogP contribution in [0, 0.1) is 0 Å². The van der Waals surface area contributed by atoms with Crippen LogP contribution >= 0.6 is 0 Å². The highest BCUT2D eigenvalue weighted by molar-refractivity contribution is 4.86. The van der Waals surface area contributed by atoms with Crippen LogP contribution in [-0.4, -0.2) is 31.0 Å². The predicted octanol–water partition coefficient (Wildman–Crippen LogP) is 1.16. The van der Waals surface area contributed by atoms with Crippen LogP contribution in [0.3, 0.4) is 0 Å². The van der Waals surface area contributed by atoms with E-state index in [9.17, 15) is 0 Å². The average molecular weight is 214 g/mol. The third-order valence-electron chi connectivity index (χ3n) is 1.80. The molecule has 0 saturated heterocycles. The normalized spacial score (nSPS) is 11.1. The smallest absolute Gasteiger partial charge is 0.180 e. The van der Waals surface area contributed by atoms with E-state index < -0.39 is 0 Å². The summed E-state index contributed by atoms with van der Waals surface area (Å²) in [5.41, 5.74) is 0. The summed E-state index contributed by atoms with van der Waals surface area (Å²) in [6.45, 7) is 6.47. The monoisotopic (exact) mass is 214 g/mol. The molecule has 1 aromatic rings. The summed E-state index contributed by atoms with van der Waals surface area (Å²) in [4.78, 5) is 3.82. The lowest BCUT2D eigenvalue weighted by molar-refractivity contribution is -0.133. The molecule has 0 amide bonds. The highest BCUT2D eigenvalue weighted by Gasteiger charge is 2.07. The molecule has 0 radical (unpaired) electrons. The fourth-order valence-electron chi connectivity index (χ4n) is 1.18. The van der Waals surface area contributed by atoms with Gasteiger partial charge in [-0.05, 0) is 13.8 Å². The van der Waals surface area contributed by atoms with E-state index >= 15 is 0 Å². The van der Waals surface area contributed by atoms with Crippen molar-refractivity contribution in [3.63, 3.8) is 0 Å². The summed E-state index contributed by atoms with van der Waals surface area (Å²) in [6.07, 6.45) is 2.91. The molecule has 15 heavy (non-hydrogen) atoms. The van der Waals surface area contributed by atoms with Crippen molar-refractivity contribution in [1.82, 2.24) is 10.3 Å². The molecule has 0 fully saturated rings. The third kappa shape index (κ3) is 4.92. The fourth-order valence-corrected chi connectivity index (χ4v) is 1.18. The molecular formula is C10H18N2O3. The van der Waals surface area contributed by atoms with Crippen LogP contribution in [0.4, 0.5) is 0 Å². The standard InChI is InChI=1S/C10H18N2O3/c1-3-13-10(14-4-2)7-11-5-9-6-12-8-15-9/h6,8,10-11H,3-5,7H2,1-2H3. The van der Waals surface area contributed by atoms with Crippen LogP contribution in [0.15, 0.2) is 17.0 Å². The third-order valence-corrected chi connectivity index (χ3v) is 1.80. The summed E-state index contributed by atoms with van der Waals surface area (Å²) >= 11 is 0. The van der Waals surface area contributed by atoms with E-state index in [1.165, 1.54) is 6.39 Å². The van der Waals surface area contributed by atoms with Crippen LogP contribution in [-0.2, 0) is 16.0 Å².